The van der Waals surface area contributed by atoms with Gasteiger partial charge in [-0.05, 0) is 31.9 Å². The minimum atomic E-state index is -0.373. The number of rotatable bonds is 4. The van der Waals surface area contributed by atoms with E-state index in [1.165, 1.54) is 6.07 Å². The minimum absolute atomic E-state index is 0.126. The zero-order chi connectivity index (χ0) is 13.8. The van der Waals surface area contributed by atoms with E-state index in [1.54, 1.807) is 13.0 Å². The maximum atomic E-state index is 11.4. The summed E-state index contributed by atoms with van der Waals surface area (Å²) in [7, 11) is 0. The Balaban J connectivity index is 2.42. The predicted molar refractivity (Wildman–Crippen MR) is 74.2 cm³/mol. The van der Waals surface area contributed by atoms with E-state index in [-0.39, 0.29) is 11.4 Å². The standard InChI is InChI=1S/C16H16O3/c1-11-3-6-13(7-4-11)16-14(8-5-12(2)17)9-10-15(18)19-16/h3-4,6-7,9-10H,5,8H2,1-2H3. The number of Topliss-reactive ketones (excluding diaryl/α,β-unsaturated/α-hetero) is 1. The van der Waals surface area contributed by atoms with Crippen molar-refractivity contribution in [1.82, 2.24) is 0 Å². The molecule has 3 heteroatoms. The highest BCUT2D eigenvalue weighted by molar-refractivity contribution is 5.76. The van der Waals surface area contributed by atoms with Crippen LogP contribution in [0.5, 0.6) is 0 Å². The molecule has 0 spiro atoms. The van der Waals surface area contributed by atoms with Crippen molar-refractivity contribution < 1.29 is 9.21 Å². The Kier molecular flexibility index (Phi) is 3.95. The number of carbonyl (C=O) groups is 1. The third-order valence-electron chi connectivity index (χ3n) is 2.98. The molecule has 3 nitrogen and oxygen atoms in total. The van der Waals surface area contributed by atoms with E-state index in [4.69, 9.17) is 4.42 Å². The van der Waals surface area contributed by atoms with Crippen molar-refractivity contribution >= 4 is 5.78 Å². The summed E-state index contributed by atoms with van der Waals surface area (Å²) in [6.07, 6.45) is 1.04. The molecule has 0 fully saturated rings. The van der Waals surface area contributed by atoms with Gasteiger partial charge in [-0.3, -0.25) is 0 Å². The van der Waals surface area contributed by atoms with E-state index < -0.39 is 0 Å². The van der Waals surface area contributed by atoms with Crippen molar-refractivity contribution in [2.45, 2.75) is 26.7 Å². The monoisotopic (exact) mass is 256 g/mol. The number of aryl methyl sites for hydroxylation is 2. The fourth-order valence-electron chi connectivity index (χ4n) is 1.90. The van der Waals surface area contributed by atoms with Gasteiger partial charge in [0.25, 0.3) is 0 Å². The smallest absolute Gasteiger partial charge is 0.336 e. The number of hydrogen-bond acceptors (Lipinski definition) is 3. The van der Waals surface area contributed by atoms with Crippen LogP contribution in [0.3, 0.4) is 0 Å². The lowest BCUT2D eigenvalue weighted by atomic mass is 10.0. The summed E-state index contributed by atoms with van der Waals surface area (Å²) in [5, 5.41) is 0. The van der Waals surface area contributed by atoms with Crippen LogP contribution in [0.25, 0.3) is 11.3 Å². The van der Waals surface area contributed by atoms with Crippen molar-refractivity contribution in [2.75, 3.05) is 0 Å². The zero-order valence-electron chi connectivity index (χ0n) is 11.1. The van der Waals surface area contributed by atoms with E-state index in [1.807, 2.05) is 31.2 Å². The molecule has 0 radical (unpaired) electrons. The van der Waals surface area contributed by atoms with Gasteiger partial charge in [-0.1, -0.05) is 29.8 Å². The molecule has 0 unspecified atom stereocenters. The number of carbonyl (C=O) groups excluding carboxylic acids is 1. The van der Waals surface area contributed by atoms with Crippen molar-refractivity contribution in [1.29, 1.82) is 0 Å². The molecule has 0 saturated carbocycles. The maximum Gasteiger partial charge on any atom is 0.336 e. The second-order valence-corrected chi connectivity index (χ2v) is 4.68. The normalized spacial score (nSPS) is 10.4. The maximum absolute atomic E-state index is 11.4. The molecule has 0 saturated heterocycles. The fourth-order valence-corrected chi connectivity index (χ4v) is 1.90. The molecule has 2 rings (SSSR count). The van der Waals surface area contributed by atoms with Gasteiger partial charge in [0.1, 0.15) is 11.5 Å². The van der Waals surface area contributed by atoms with Crippen molar-refractivity contribution in [2.24, 2.45) is 0 Å². The van der Waals surface area contributed by atoms with Crippen LogP contribution >= 0.6 is 0 Å². The first-order chi connectivity index (χ1) is 9.06. The molecular formula is C16H16O3. The molecule has 0 atom stereocenters. The summed E-state index contributed by atoms with van der Waals surface area (Å²) in [6, 6.07) is 10.9. The van der Waals surface area contributed by atoms with Crippen LogP contribution in [0.15, 0.2) is 45.6 Å². The Hall–Kier alpha value is -2.16. The Morgan fingerprint density at radius 2 is 1.79 bits per heavy atom. The van der Waals surface area contributed by atoms with Crippen LogP contribution in [0, 0.1) is 6.92 Å². The first-order valence-electron chi connectivity index (χ1n) is 6.26. The van der Waals surface area contributed by atoms with Crippen molar-refractivity contribution in [3.8, 4) is 11.3 Å². The first-order valence-corrected chi connectivity index (χ1v) is 6.26. The Bertz CT molecular complexity index is 636. The highest BCUT2D eigenvalue weighted by atomic mass is 16.4. The lowest BCUT2D eigenvalue weighted by Gasteiger charge is -2.07. The molecule has 0 bridgehead atoms. The predicted octanol–water partition coefficient (Wildman–Crippen LogP) is 3.14. The summed E-state index contributed by atoms with van der Waals surface area (Å²) >= 11 is 0. The van der Waals surface area contributed by atoms with E-state index in [2.05, 4.69) is 0 Å². The van der Waals surface area contributed by atoms with Gasteiger partial charge in [0, 0.05) is 18.1 Å². The Labute approximate surface area is 111 Å². The van der Waals surface area contributed by atoms with E-state index >= 15 is 0 Å². The third kappa shape index (κ3) is 3.41. The average molecular weight is 256 g/mol. The van der Waals surface area contributed by atoms with E-state index in [0.717, 1.165) is 16.7 Å². The van der Waals surface area contributed by atoms with Crippen LogP contribution in [0.2, 0.25) is 0 Å². The van der Waals surface area contributed by atoms with Gasteiger partial charge in [0.2, 0.25) is 0 Å². The number of hydrogen-bond donors (Lipinski definition) is 0. The molecule has 1 aromatic heterocycles. The van der Waals surface area contributed by atoms with Crippen LogP contribution < -0.4 is 5.63 Å². The minimum Gasteiger partial charge on any atom is -0.422 e. The SMILES string of the molecule is CC(=O)CCc1ccc(=O)oc1-c1ccc(C)cc1. The quantitative estimate of drug-likeness (QED) is 0.844. The number of benzene rings is 1. The molecule has 19 heavy (non-hydrogen) atoms. The lowest BCUT2D eigenvalue weighted by molar-refractivity contribution is -0.116. The van der Waals surface area contributed by atoms with Crippen LogP contribution in [0.4, 0.5) is 0 Å². The van der Waals surface area contributed by atoms with Gasteiger partial charge in [0.05, 0.1) is 0 Å². The second kappa shape index (κ2) is 5.65. The van der Waals surface area contributed by atoms with Crippen molar-refractivity contribution in [3.63, 3.8) is 0 Å². The fraction of sp³-hybridized carbons (Fsp3) is 0.250. The summed E-state index contributed by atoms with van der Waals surface area (Å²) < 4.78 is 5.30. The average Bonchev–Trinajstić information content (AvgIpc) is 2.38. The molecule has 0 aliphatic carbocycles. The van der Waals surface area contributed by atoms with E-state index in [9.17, 15) is 9.59 Å². The molecule has 2 aromatic rings. The van der Waals surface area contributed by atoms with Gasteiger partial charge in [-0.25, -0.2) is 4.79 Å². The van der Waals surface area contributed by atoms with Crippen molar-refractivity contribution in [3.05, 3.63) is 57.9 Å². The molecule has 0 amide bonds. The summed E-state index contributed by atoms with van der Waals surface area (Å²) in [6.45, 7) is 3.56. The highest BCUT2D eigenvalue weighted by Crippen LogP contribution is 2.23. The molecule has 98 valence electrons. The molecule has 0 aliphatic heterocycles. The van der Waals surface area contributed by atoms with Crippen LogP contribution in [-0.4, -0.2) is 5.78 Å². The molecule has 1 aromatic carbocycles. The lowest BCUT2D eigenvalue weighted by Crippen LogP contribution is -2.02. The van der Waals surface area contributed by atoms with Gasteiger partial charge in [-0.15, -0.1) is 0 Å². The van der Waals surface area contributed by atoms with Crippen LogP contribution in [0.1, 0.15) is 24.5 Å². The van der Waals surface area contributed by atoms with Gasteiger partial charge in [-0.2, -0.15) is 0 Å². The second-order valence-electron chi connectivity index (χ2n) is 4.68. The Morgan fingerprint density at radius 3 is 2.42 bits per heavy atom. The molecule has 0 N–H and O–H groups in total. The largest absolute Gasteiger partial charge is 0.422 e. The summed E-state index contributed by atoms with van der Waals surface area (Å²) in [4.78, 5) is 22.5. The third-order valence-corrected chi connectivity index (χ3v) is 2.98. The zero-order valence-corrected chi connectivity index (χ0v) is 11.1. The molecule has 1 heterocycles. The first kappa shape index (κ1) is 13.3. The van der Waals surface area contributed by atoms with Gasteiger partial charge >= 0.3 is 5.63 Å². The van der Waals surface area contributed by atoms with Gasteiger partial charge < -0.3 is 9.21 Å². The van der Waals surface area contributed by atoms with Gasteiger partial charge in [0.15, 0.2) is 0 Å². The number of ketones is 1. The van der Waals surface area contributed by atoms with E-state index in [0.29, 0.717) is 18.6 Å². The summed E-state index contributed by atoms with van der Waals surface area (Å²) in [5.41, 5.74) is 2.52. The molecule has 0 aliphatic rings. The topological polar surface area (TPSA) is 47.3 Å². The highest BCUT2D eigenvalue weighted by Gasteiger charge is 2.09. The summed E-state index contributed by atoms with van der Waals surface area (Å²) in [5.74, 6) is 0.690. The molecular weight excluding hydrogens is 240 g/mol. The Morgan fingerprint density at radius 1 is 1.11 bits per heavy atom. The van der Waals surface area contributed by atoms with Crippen LogP contribution in [-0.2, 0) is 11.2 Å².